The first-order valence-corrected chi connectivity index (χ1v) is 6.01. The van der Waals surface area contributed by atoms with E-state index in [0.717, 1.165) is 12.5 Å². The van der Waals surface area contributed by atoms with Crippen LogP contribution in [0.5, 0.6) is 0 Å². The Balaban J connectivity index is 3.03. The minimum atomic E-state index is 0.861. The van der Waals surface area contributed by atoms with Crippen molar-refractivity contribution in [2.24, 2.45) is 11.7 Å². The highest BCUT2D eigenvalue weighted by Crippen LogP contribution is 2.15. The molecule has 13 heavy (non-hydrogen) atoms. The molecule has 0 saturated carbocycles. The Morgan fingerprint density at radius 2 is 1.54 bits per heavy atom. The molecule has 0 saturated heterocycles. The molecule has 0 spiro atoms. The fourth-order valence-electron chi connectivity index (χ4n) is 1.71. The second-order valence-electron chi connectivity index (χ2n) is 4.24. The summed E-state index contributed by atoms with van der Waals surface area (Å²) in [5.41, 5.74) is 5.47. The first-order valence-electron chi connectivity index (χ1n) is 6.01. The third kappa shape index (κ3) is 9.88. The molecule has 2 N–H and O–H groups in total. The fourth-order valence-corrected chi connectivity index (χ4v) is 1.71. The average molecular weight is 185 g/mol. The average Bonchev–Trinajstić information content (AvgIpc) is 2.14. The number of unbranched alkanes of at least 4 members (excludes halogenated alkanes) is 4. The molecule has 0 amide bonds. The van der Waals surface area contributed by atoms with Crippen molar-refractivity contribution in [3.63, 3.8) is 0 Å². The molecule has 1 nitrogen and oxygen atoms in total. The molecule has 1 atom stereocenters. The van der Waals surface area contributed by atoms with Gasteiger partial charge in [0.05, 0.1) is 0 Å². The predicted molar refractivity (Wildman–Crippen MR) is 60.8 cm³/mol. The summed E-state index contributed by atoms with van der Waals surface area (Å²) in [6.07, 6.45) is 11.0. The van der Waals surface area contributed by atoms with Crippen LogP contribution >= 0.6 is 0 Å². The number of nitrogens with two attached hydrogens (primary N) is 1. The van der Waals surface area contributed by atoms with Gasteiger partial charge in [-0.2, -0.15) is 0 Å². The van der Waals surface area contributed by atoms with Gasteiger partial charge in [0.25, 0.3) is 0 Å². The maximum atomic E-state index is 5.47. The van der Waals surface area contributed by atoms with Gasteiger partial charge in [-0.15, -0.1) is 0 Å². The zero-order valence-electron chi connectivity index (χ0n) is 9.52. The molecule has 0 aromatic heterocycles. The van der Waals surface area contributed by atoms with Gasteiger partial charge in [0.1, 0.15) is 0 Å². The van der Waals surface area contributed by atoms with Crippen LogP contribution in [0.1, 0.15) is 65.2 Å². The van der Waals surface area contributed by atoms with Crippen LogP contribution in [0.4, 0.5) is 0 Å². The summed E-state index contributed by atoms with van der Waals surface area (Å²) in [6.45, 7) is 5.49. The van der Waals surface area contributed by atoms with Gasteiger partial charge in [0.2, 0.25) is 0 Å². The van der Waals surface area contributed by atoms with Gasteiger partial charge in [0.15, 0.2) is 0 Å². The Morgan fingerprint density at radius 3 is 2.15 bits per heavy atom. The Bertz CT molecular complexity index is 91.1. The van der Waals surface area contributed by atoms with E-state index in [2.05, 4.69) is 13.8 Å². The lowest BCUT2D eigenvalue weighted by Gasteiger charge is -2.09. The molecule has 0 heterocycles. The highest BCUT2D eigenvalue weighted by Gasteiger charge is 2.00. The Kier molecular flexibility index (Phi) is 10.0. The number of hydrogen-bond acceptors (Lipinski definition) is 1. The van der Waals surface area contributed by atoms with Crippen molar-refractivity contribution in [2.45, 2.75) is 65.2 Å². The second-order valence-corrected chi connectivity index (χ2v) is 4.24. The van der Waals surface area contributed by atoms with E-state index in [0.29, 0.717) is 0 Å². The lowest BCUT2D eigenvalue weighted by molar-refractivity contribution is 0.448. The van der Waals surface area contributed by atoms with Gasteiger partial charge in [-0.05, 0) is 25.3 Å². The van der Waals surface area contributed by atoms with E-state index in [9.17, 15) is 0 Å². The van der Waals surface area contributed by atoms with Crippen molar-refractivity contribution in [1.82, 2.24) is 0 Å². The molecule has 0 fully saturated rings. The van der Waals surface area contributed by atoms with Crippen molar-refractivity contribution >= 4 is 0 Å². The van der Waals surface area contributed by atoms with Crippen LogP contribution in [0.25, 0.3) is 0 Å². The summed E-state index contributed by atoms with van der Waals surface area (Å²) in [4.78, 5) is 0. The molecule has 80 valence electrons. The largest absolute Gasteiger partial charge is 0.330 e. The monoisotopic (exact) mass is 185 g/mol. The van der Waals surface area contributed by atoms with Crippen molar-refractivity contribution in [3.8, 4) is 0 Å². The first-order chi connectivity index (χ1) is 6.31. The van der Waals surface area contributed by atoms with Gasteiger partial charge in [-0.1, -0.05) is 52.4 Å². The SMILES string of the molecule is CCCCCCC[C@@H](C)CCCN. The Labute approximate surface area is 84.1 Å². The zero-order chi connectivity index (χ0) is 9.94. The molecule has 0 bridgehead atoms. The van der Waals surface area contributed by atoms with E-state index in [4.69, 9.17) is 5.73 Å². The Morgan fingerprint density at radius 1 is 0.923 bits per heavy atom. The van der Waals surface area contributed by atoms with E-state index in [1.807, 2.05) is 0 Å². The minimum Gasteiger partial charge on any atom is -0.330 e. The van der Waals surface area contributed by atoms with Crippen LogP contribution in [0.2, 0.25) is 0 Å². The normalized spacial score (nSPS) is 13.2. The first kappa shape index (κ1) is 13.0. The van der Waals surface area contributed by atoms with Gasteiger partial charge in [0, 0.05) is 0 Å². The van der Waals surface area contributed by atoms with Crippen LogP contribution < -0.4 is 5.73 Å². The van der Waals surface area contributed by atoms with Crippen molar-refractivity contribution in [1.29, 1.82) is 0 Å². The van der Waals surface area contributed by atoms with Crippen LogP contribution in [-0.2, 0) is 0 Å². The van der Waals surface area contributed by atoms with E-state index in [1.54, 1.807) is 0 Å². The Hall–Kier alpha value is -0.0400. The van der Waals surface area contributed by atoms with E-state index in [-0.39, 0.29) is 0 Å². The molecule has 0 aliphatic rings. The summed E-state index contributed by atoms with van der Waals surface area (Å²) in [5.74, 6) is 0.894. The van der Waals surface area contributed by atoms with Crippen molar-refractivity contribution < 1.29 is 0 Å². The molecular weight excluding hydrogens is 158 g/mol. The van der Waals surface area contributed by atoms with Crippen molar-refractivity contribution in [2.75, 3.05) is 6.54 Å². The maximum absolute atomic E-state index is 5.47. The number of rotatable bonds is 9. The summed E-state index contributed by atoms with van der Waals surface area (Å²) < 4.78 is 0. The lowest BCUT2D eigenvalue weighted by Crippen LogP contribution is -2.02. The fraction of sp³-hybridized carbons (Fsp3) is 1.00. The van der Waals surface area contributed by atoms with Gasteiger partial charge < -0.3 is 5.73 Å². The van der Waals surface area contributed by atoms with E-state index >= 15 is 0 Å². The molecule has 0 aliphatic carbocycles. The molecular formula is C12H27N. The summed E-state index contributed by atoms with van der Waals surface area (Å²) in [6, 6.07) is 0. The van der Waals surface area contributed by atoms with Crippen LogP contribution in [0.15, 0.2) is 0 Å². The smallest absolute Gasteiger partial charge is 0.00772 e. The third-order valence-electron chi connectivity index (χ3n) is 2.70. The minimum absolute atomic E-state index is 0.861. The van der Waals surface area contributed by atoms with E-state index in [1.165, 1.54) is 51.4 Å². The lowest BCUT2D eigenvalue weighted by atomic mass is 9.98. The van der Waals surface area contributed by atoms with Gasteiger partial charge in [-0.25, -0.2) is 0 Å². The maximum Gasteiger partial charge on any atom is -0.00772 e. The summed E-state index contributed by atoms with van der Waals surface area (Å²) in [5, 5.41) is 0. The van der Waals surface area contributed by atoms with Crippen LogP contribution in [0, 0.1) is 5.92 Å². The predicted octanol–water partition coefficient (Wildman–Crippen LogP) is 3.72. The molecule has 1 heteroatoms. The van der Waals surface area contributed by atoms with Crippen LogP contribution in [-0.4, -0.2) is 6.54 Å². The molecule has 0 unspecified atom stereocenters. The quantitative estimate of drug-likeness (QED) is 0.544. The molecule has 0 aromatic rings. The summed E-state index contributed by atoms with van der Waals surface area (Å²) >= 11 is 0. The second kappa shape index (κ2) is 10.0. The van der Waals surface area contributed by atoms with Gasteiger partial charge in [-0.3, -0.25) is 0 Å². The molecule has 0 aliphatic heterocycles. The molecule has 0 radical (unpaired) electrons. The van der Waals surface area contributed by atoms with Crippen LogP contribution in [0.3, 0.4) is 0 Å². The summed E-state index contributed by atoms with van der Waals surface area (Å²) in [7, 11) is 0. The van der Waals surface area contributed by atoms with Crippen molar-refractivity contribution in [3.05, 3.63) is 0 Å². The molecule has 0 rings (SSSR count). The molecule has 0 aromatic carbocycles. The number of hydrogen-bond donors (Lipinski definition) is 1. The van der Waals surface area contributed by atoms with Gasteiger partial charge >= 0.3 is 0 Å². The highest BCUT2D eigenvalue weighted by atomic mass is 14.5. The highest BCUT2D eigenvalue weighted by molar-refractivity contribution is 4.54. The third-order valence-corrected chi connectivity index (χ3v) is 2.70. The topological polar surface area (TPSA) is 26.0 Å². The zero-order valence-corrected chi connectivity index (χ0v) is 9.52. The van der Waals surface area contributed by atoms with E-state index < -0.39 is 0 Å². The standard InChI is InChI=1S/C12H27N/c1-3-4-5-6-7-9-12(2)10-8-11-13/h12H,3-11,13H2,1-2H3/t12-/m1/s1.